The first kappa shape index (κ1) is 10.6. The van der Waals surface area contributed by atoms with Gasteiger partial charge < -0.3 is 5.64 Å². The van der Waals surface area contributed by atoms with Crippen molar-refractivity contribution >= 4 is 6.28 Å². The minimum Gasteiger partial charge on any atom is -0.502 e. The summed E-state index contributed by atoms with van der Waals surface area (Å²) in [7, 11) is 0. The molecule has 2 N–H and O–H groups in total. The number of nitrogens with two attached hydrogens (primary N) is 1. The van der Waals surface area contributed by atoms with Crippen LogP contribution in [0.3, 0.4) is 0 Å². The maximum Gasteiger partial charge on any atom is 1.00 e. The van der Waals surface area contributed by atoms with Crippen LogP contribution in [0.4, 0.5) is 0 Å². The maximum absolute atomic E-state index is 5.42. The minimum atomic E-state index is -0.500. The zero-order valence-corrected chi connectivity index (χ0v) is 8.28. The Kier molecular flexibility index (Phi) is 6.43. The second-order valence-corrected chi connectivity index (χ2v) is 2.73. The van der Waals surface area contributed by atoms with Crippen LogP contribution in [0.1, 0.15) is 0 Å². The smallest absolute Gasteiger partial charge is 0.502 e. The van der Waals surface area contributed by atoms with E-state index in [4.69, 9.17) is 5.64 Å². The van der Waals surface area contributed by atoms with Gasteiger partial charge >= 0.3 is 51.4 Å². The predicted molar refractivity (Wildman–Crippen MR) is 27.5 cm³/mol. The van der Waals surface area contributed by atoms with Crippen LogP contribution >= 0.6 is 0 Å². The third-order valence-electron chi connectivity index (χ3n) is 0. The van der Waals surface area contributed by atoms with Crippen molar-refractivity contribution in [2.45, 2.75) is 20.5 Å². The molecule has 1 nitrogen and oxygen atoms in total. The Hall–Kier alpha value is 1.66. The van der Waals surface area contributed by atoms with Crippen LogP contribution in [0.5, 0.6) is 0 Å². The van der Waals surface area contributed by atoms with E-state index < -0.39 is 6.28 Å². The Labute approximate surface area is 82.4 Å². The Bertz CT molecular complexity index is 26.3. The Morgan fingerprint density at radius 2 is 1.17 bits per heavy atom. The average molecular weight is 111 g/mol. The standard InChI is InChI=1S/C3H11BN.K/c1-4(2,3)5;/h5H2,1-3H3;/q-1;+1. The Balaban J connectivity index is 0. The van der Waals surface area contributed by atoms with Crippen molar-refractivity contribution in [1.82, 2.24) is 0 Å². The summed E-state index contributed by atoms with van der Waals surface area (Å²) in [5.74, 6) is 0. The van der Waals surface area contributed by atoms with Crippen molar-refractivity contribution in [3.8, 4) is 0 Å². The van der Waals surface area contributed by atoms with E-state index in [0.29, 0.717) is 0 Å². The summed E-state index contributed by atoms with van der Waals surface area (Å²) < 4.78 is 0. The van der Waals surface area contributed by atoms with Gasteiger partial charge in [-0.15, -0.1) is 0 Å². The molecule has 0 heterocycles. The molecule has 0 saturated heterocycles. The molecule has 3 heteroatoms. The zero-order valence-electron chi connectivity index (χ0n) is 5.15. The maximum atomic E-state index is 5.42. The first-order valence-corrected chi connectivity index (χ1v) is 2.07. The van der Waals surface area contributed by atoms with Gasteiger partial charge in [0.1, 0.15) is 0 Å². The summed E-state index contributed by atoms with van der Waals surface area (Å²) in [5.41, 5.74) is 5.42. The molecule has 0 amide bonds. The van der Waals surface area contributed by atoms with Crippen molar-refractivity contribution in [2.75, 3.05) is 0 Å². The van der Waals surface area contributed by atoms with Gasteiger partial charge in [-0.2, -0.15) is 20.5 Å². The van der Waals surface area contributed by atoms with E-state index >= 15 is 0 Å². The van der Waals surface area contributed by atoms with E-state index in [1.807, 2.05) is 20.5 Å². The predicted octanol–water partition coefficient (Wildman–Crippen LogP) is -2.22. The van der Waals surface area contributed by atoms with Crippen LogP contribution in [-0.2, 0) is 0 Å². The molecule has 0 saturated carbocycles. The minimum absolute atomic E-state index is 0. The monoisotopic (exact) mass is 111 g/mol. The molecule has 0 rings (SSSR count). The Morgan fingerprint density at radius 1 is 1.17 bits per heavy atom. The summed E-state index contributed by atoms with van der Waals surface area (Å²) >= 11 is 0. The van der Waals surface area contributed by atoms with E-state index in [-0.39, 0.29) is 51.4 Å². The molecule has 6 heavy (non-hydrogen) atoms. The number of hydrogen-bond donors (Lipinski definition) is 1. The van der Waals surface area contributed by atoms with Crippen LogP contribution < -0.4 is 57.0 Å². The molecule has 0 aromatic heterocycles. The molecule has 0 unspecified atom stereocenters. The third-order valence-corrected chi connectivity index (χ3v) is 0. The van der Waals surface area contributed by atoms with Crippen LogP contribution in [-0.4, -0.2) is 6.28 Å². The van der Waals surface area contributed by atoms with Gasteiger partial charge in [-0.1, -0.05) is 0 Å². The van der Waals surface area contributed by atoms with Crippen molar-refractivity contribution in [1.29, 1.82) is 0 Å². The molecule has 0 aliphatic rings. The van der Waals surface area contributed by atoms with Crippen molar-refractivity contribution < 1.29 is 51.4 Å². The molecule has 32 valence electrons. The van der Waals surface area contributed by atoms with Crippen LogP contribution in [0.25, 0.3) is 0 Å². The normalized spacial score (nSPS) is 10.0. The first-order valence-electron chi connectivity index (χ1n) is 2.07. The summed E-state index contributed by atoms with van der Waals surface area (Å²) in [6, 6.07) is 0. The topological polar surface area (TPSA) is 26.0 Å². The quantitative estimate of drug-likeness (QED) is 0.352. The molecule has 0 radical (unpaired) electrons. The fourth-order valence-corrected chi connectivity index (χ4v) is 0. The number of hydrogen-bond acceptors (Lipinski definition) is 1. The zero-order chi connectivity index (χ0) is 4.50. The van der Waals surface area contributed by atoms with Crippen molar-refractivity contribution in [3.63, 3.8) is 0 Å². The van der Waals surface area contributed by atoms with Crippen molar-refractivity contribution in [3.05, 3.63) is 0 Å². The van der Waals surface area contributed by atoms with Gasteiger partial charge in [-0.25, -0.2) is 0 Å². The van der Waals surface area contributed by atoms with Crippen molar-refractivity contribution in [2.24, 2.45) is 5.64 Å². The van der Waals surface area contributed by atoms with Gasteiger partial charge in [0.05, 0.1) is 0 Å². The second kappa shape index (κ2) is 3.64. The Morgan fingerprint density at radius 3 is 1.17 bits per heavy atom. The molecule has 0 spiro atoms. The van der Waals surface area contributed by atoms with Gasteiger partial charge in [-0.3, -0.25) is 0 Å². The molecule has 0 bridgehead atoms. The average Bonchev–Trinajstić information content (AvgIpc) is 0.722. The fraction of sp³-hybridized carbons (Fsp3) is 1.00. The summed E-state index contributed by atoms with van der Waals surface area (Å²) in [6.45, 7) is 6.08. The number of rotatable bonds is 0. The van der Waals surface area contributed by atoms with E-state index in [1.54, 1.807) is 0 Å². The van der Waals surface area contributed by atoms with Crippen LogP contribution in [0, 0.1) is 0 Å². The molecule has 0 aliphatic heterocycles. The molecule has 0 aromatic rings. The van der Waals surface area contributed by atoms with Gasteiger partial charge in [0.25, 0.3) is 0 Å². The summed E-state index contributed by atoms with van der Waals surface area (Å²) in [4.78, 5) is 0. The van der Waals surface area contributed by atoms with E-state index in [1.165, 1.54) is 0 Å². The molecule has 0 atom stereocenters. The summed E-state index contributed by atoms with van der Waals surface area (Å²) in [6.07, 6.45) is -0.500. The summed E-state index contributed by atoms with van der Waals surface area (Å²) in [5, 5.41) is 0. The van der Waals surface area contributed by atoms with E-state index in [2.05, 4.69) is 0 Å². The van der Waals surface area contributed by atoms with E-state index in [9.17, 15) is 0 Å². The van der Waals surface area contributed by atoms with Crippen LogP contribution in [0.15, 0.2) is 0 Å². The third kappa shape index (κ3) is 44.6. The molecular formula is C3H11BKN. The van der Waals surface area contributed by atoms with Gasteiger partial charge in [0.2, 0.25) is 0 Å². The first-order chi connectivity index (χ1) is 2.00. The van der Waals surface area contributed by atoms with Gasteiger partial charge in [0, 0.05) is 6.28 Å². The molecular weight excluding hydrogens is 99.9 g/mol. The molecule has 0 fully saturated rings. The van der Waals surface area contributed by atoms with Crippen LogP contribution in [0.2, 0.25) is 20.5 Å². The SMILES string of the molecule is C[B-](C)(C)N.[K+]. The largest absolute Gasteiger partial charge is 1.00 e. The molecule has 0 aliphatic carbocycles. The van der Waals surface area contributed by atoms with E-state index in [0.717, 1.165) is 0 Å². The molecule has 0 aromatic carbocycles. The van der Waals surface area contributed by atoms with Gasteiger partial charge in [-0.05, 0) is 0 Å². The second-order valence-electron chi connectivity index (χ2n) is 2.73. The fourth-order valence-electron chi connectivity index (χ4n) is 0. The van der Waals surface area contributed by atoms with Gasteiger partial charge in [0.15, 0.2) is 0 Å².